The van der Waals surface area contributed by atoms with Gasteiger partial charge in [0.05, 0.1) is 5.39 Å². The van der Waals surface area contributed by atoms with Gasteiger partial charge in [-0.3, -0.25) is 4.79 Å². The summed E-state index contributed by atoms with van der Waals surface area (Å²) in [4.78, 5) is 12.5. The van der Waals surface area contributed by atoms with Crippen molar-refractivity contribution >= 4 is 11.0 Å². The number of hydrogen-bond acceptors (Lipinski definition) is 4. The largest absolute Gasteiger partial charge is 0.508 e. The van der Waals surface area contributed by atoms with E-state index in [-0.39, 0.29) is 17.8 Å². The van der Waals surface area contributed by atoms with Crippen molar-refractivity contribution in [2.45, 2.75) is 39.5 Å². The van der Waals surface area contributed by atoms with Crippen molar-refractivity contribution in [1.29, 1.82) is 0 Å². The number of aromatic hydroxyl groups is 1. The van der Waals surface area contributed by atoms with E-state index in [9.17, 15) is 15.0 Å². The highest BCUT2D eigenvalue weighted by Gasteiger charge is 2.27. The molecule has 2 rings (SSSR count). The molecule has 4 nitrogen and oxygen atoms in total. The molecule has 20 heavy (non-hydrogen) atoms. The average Bonchev–Trinajstić information content (AvgIpc) is 2.37. The van der Waals surface area contributed by atoms with Crippen LogP contribution in [0.4, 0.5) is 0 Å². The number of aryl methyl sites for hydroxylation is 1. The van der Waals surface area contributed by atoms with Gasteiger partial charge in [-0.2, -0.15) is 0 Å². The second-order valence-corrected chi connectivity index (χ2v) is 5.83. The van der Waals surface area contributed by atoms with E-state index in [1.54, 1.807) is 19.9 Å². The topological polar surface area (TPSA) is 70.7 Å². The SMILES string of the molecule is Cc1c(C(C)(C)CCO)oc2c(C)c(O)ccc2c1=O. The van der Waals surface area contributed by atoms with Gasteiger partial charge in [-0.25, -0.2) is 0 Å². The molecule has 0 amide bonds. The first-order valence-electron chi connectivity index (χ1n) is 6.67. The second kappa shape index (κ2) is 4.94. The van der Waals surface area contributed by atoms with E-state index in [0.29, 0.717) is 34.3 Å². The molecule has 1 aromatic carbocycles. The summed E-state index contributed by atoms with van der Waals surface area (Å²) in [6.07, 6.45) is 0.500. The van der Waals surface area contributed by atoms with Crippen molar-refractivity contribution in [3.8, 4) is 5.75 Å². The zero-order valence-corrected chi connectivity index (χ0v) is 12.3. The highest BCUT2D eigenvalue weighted by atomic mass is 16.3. The van der Waals surface area contributed by atoms with Crippen LogP contribution in [-0.4, -0.2) is 16.8 Å². The fraction of sp³-hybridized carbons (Fsp3) is 0.438. The van der Waals surface area contributed by atoms with E-state index in [1.165, 1.54) is 6.07 Å². The summed E-state index contributed by atoms with van der Waals surface area (Å²) in [5.41, 5.74) is 1.00. The van der Waals surface area contributed by atoms with Gasteiger partial charge in [-0.15, -0.1) is 0 Å². The van der Waals surface area contributed by atoms with Crippen molar-refractivity contribution < 1.29 is 14.6 Å². The van der Waals surface area contributed by atoms with E-state index in [2.05, 4.69) is 0 Å². The third kappa shape index (κ3) is 2.20. The van der Waals surface area contributed by atoms with Crippen LogP contribution in [0.5, 0.6) is 5.75 Å². The number of hydrogen-bond donors (Lipinski definition) is 2. The number of fused-ring (bicyclic) bond motifs is 1. The number of benzene rings is 1. The Labute approximate surface area is 117 Å². The van der Waals surface area contributed by atoms with E-state index in [4.69, 9.17) is 4.42 Å². The summed E-state index contributed by atoms with van der Waals surface area (Å²) in [6, 6.07) is 3.09. The summed E-state index contributed by atoms with van der Waals surface area (Å²) < 4.78 is 5.93. The van der Waals surface area contributed by atoms with Gasteiger partial charge in [-0.05, 0) is 32.4 Å². The third-order valence-corrected chi connectivity index (χ3v) is 3.86. The molecular formula is C16H20O4. The fourth-order valence-electron chi connectivity index (χ4n) is 2.51. The molecule has 0 aliphatic carbocycles. The molecule has 1 aromatic heterocycles. The van der Waals surface area contributed by atoms with Crippen molar-refractivity contribution in [2.75, 3.05) is 6.61 Å². The Morgan fingerprint density at radius 3 is 2.45 bits per heavy atom. The maximum absolute atomic E-state index is 12.5. The lowest BCUT2D eigenvalue weighted by Gasteiger charge is -2.24. The van der Waals surface area contributed by atoms with Gasteiger partial charge in [0.2, 0.25) is 0 Å². The quantitative estimate of drug-likeness (QED) is 0.904. The van der Waals surface area contributed by atoms with Crippen LogP contribution in [0.2, 0.25) is 0 Å². The lowest BCUT2D eigenvalue weighted by Crippen LogP contribution is -2.24. The van der Waals surface area contributed by atoms with E-state index in [0.717, 1.165) is 0 Å². The molecule has 0 fully saturated rings. The molecule has 2 aromatic rings. The van der Waals surface area contributed by atoms with Crippen LogP contribution < -0.4 is 5.43 Å². The van der Waals surface area contributed by atoms with Crippen LogP contribution in [0.25, 0.3) is 11.0 Å². The van der Waals surface area contributed by atoms with Gasteiger partial charge in [0.1, 0.15) is 17.1 Å². The number of aliphatic hydroxyl groups excluding tert-OH is 1. The molecule has 0 saturated heterocycles. The second-order valence-electron chi connectivity index (χ2n) is 5.83. The molecule has 0 saturated carbocycles. The zero-order valence-electron chi connectivity index (χ0n) is 12.3. The first kappa shape index (κ1) is 14.6. The van der Waals surface area contributed by atoms with Crippen molar-refractivity contribution in [1.82, 2.24) is 0 Å². The molecule has 0 unspecified atom stereocenters. The van der Waals surface area contributed by atoms with Crippen molar-refractivity contribution in [2.24, 2.45) is 0 Å². The van der Waals surface area contributed by atoms with Crippen LogP contribution in [0.1, 0.15) is 37.2 Å². The Bertz CT molecular complexity index is 710. The molecule has 0 bridgehead atoms. The zero-order chi connectivity index (χ0) is 15.1. The maximum atomic E-state index is 12.5. The van der Waals surface area contributed by atoms with Crippen LogP contribution >= 0.6 is 0 Å². The summed E-state index contributed by atoms with van der Waals surface area (Å²) in [5, 5.41) is 19.4. The van der Waals surface area contributed by atoms with E-state index in [1.807, 2.05) is 13.8 Å². The normalized spacial score (nSPS) is 12.1. The Hall–Kier alpha value is -1.81. The Morgan fingerprint density at radius 2 is 1.85 bits per heavy atom. The molecule has 0 spiro atoms. The van der Waals surface area contributed by atoms with Crippen molar-refractivity contribution in [3.63, 3.8) is 0 Å². The van der Waals surface area contributed by atoms with Crippen LogP contribution in [0.3, 0.4) is 0 Å². The molecule has 0 radical (unpaired) electrons. The third-order valence-electron chi connectivity index (χ3n) is 3.86. The van der Waals surface area contributed by atoms with Gasteiger partial charge < -0.3 is 14.6 Å². The number of phenolic OH excluding ortho intramolecular Hbond substituents is 1. The van der Waals surface area contributed by atoms with Gasteiger partial charge >= 0.3 is 0 Å². The minimum atomic E-state index is -0.440. The monoisotopic (exact) mass is 276 g/mol. The number of aliphatic hydroxyl groups is 1. The summed E-state index contributed by atoms with van der Waals surface area (Å²) in [7, 11) is 0. The number of phenols is 1. The average molecular weight is 276 g/mol. The molecule has 1 heterocycles. The van der Waals surface area contributed by atoms with Gasteiger partial charge in [0.25, 0.3) is 0 Å². The van der Waals surface area contributed by atoms with Crippen LogP contribution in [-0.2, 0) is 5.41 Å². The van der Waals surface area contributed by atoms with E-state index < -0.39 is 5.41 Å². The van der Waals surface area contributed by atoms with Crippen molar-refractivity contribution in [3.05, 3.63) is 39.2 Å². The highest BCUT2D eigenvalue weighted by Crippen LogP contribution is 2.33. The Balaban J connectivity index is 2.85. The molecule has 4 heteroatoms. The molecule has 108 valence electrons. The smallest absolute Gasteiger partial charge is 0.195 e. The summed E-state index contributed by atoms with van der Waals surface area (Å²) in [5.74, 6) is 0.674. The van der Waals surface area contributed by atoms with Crippen LogP contribution in [0.15, 0.2) is 21.3 Å². The molecule has 0 atom stereocenters. The molecular weight excluding hydrogens is 256 g/mol. The molecule has 0 aliphatic rings. The minimum Gasteiger partial charge on any atom is -0.508 e. The Morgan fingerprint density at radius 1 is 1.20 bits per heavy atom. The van der Waals surface area contributed by atoms with Gasteiger partial charge in [0.15, 0.2) is 5.43 Å². The fourth-order valence-corrected chi connectivity index (χ4v) is 2.51. The minimum absolute atomic E-state index is 0.0210. The van der Waals surface area contributed by atoms with Gasteiger partial charge in [-0.1, -0.05) is 13.8 Å². The van der Waals surface area contributed by atoms with Gasteiger partial charge in [0, 0.05) is 23.1 Å². The van der Waals surface area contributed by atoms with Crippen LogP contribution in [0, 0.1) is 13.8 Å². The first-order valence-corrected chi connectivity index (χ1v) is 6.67. The standard InChI is InChI=1S/C16H20O4/c1-9-12(18)6-5-11-13(19)10(2)15(20-14(9)11)16(3,4)7-8-17/h5-6,17-18H,7-8H2,1-4H3. The summed E-state index contributed by atoms with van der Waals surface area (Å²) >= 11 is 0. The molecule has 2 N–H and O–H groups in total. The first-order chi connectivity index (χ1) is 9.29. The number of rotatable bonds is 3. The Kier molecular flexibility index (Phi) is 3.61. The maximum Gasteiger partial charge on any atom is 0.195 e. The predicted molar refractivity (Wildman–Crippen MR) is 78.4 cm³/mol. The molecule has 0 aliphatic heterocycles. The lowest BCUT2D eigenvalue weighted by atomic mass is 9.84. The lowest BCUT2D eigenvalue weighted by molar-refractivity contribution is 0.236. The highest BCUT2D eigenvalue weighted by molar-refractivity contribution is 5.82. The summed E-state index contributed by atoms with van der Waals surface area (Å²) in [6.45, 7) is 7.34. The predicted octanol–water partition coefficient (Wildman–Crippen LogP) is 2.78. The van der Waals surface area contributed by atoms with E-state index >= 15 is 0 Å².